The molecule has 0 bridgehead atoms. The fourth-order valence-electron chi connectivity index (χ4n) is 2.23. The SMILES string of the molecule is CC(C)(C#N)c1ccc(OBOc2ccc(C(C)(C)C#N)cc2)cc1. The van der Waals surface area contributed by atoms with E-state index in [1.54, 1.807) is 0 Å². The van der Waals surface area contributed by atoms with Crippen LogP contribution in [0.3, 0.4) is 0 Å². The summed E-state index contributed by atoms with van der Waals surface area (Å²) in [5.41, 5.74) is 0.847. The topological polar surface area (TPSA) is 66.0 Å². The minimum absolute atomic E-state index is 0.0853. The van der Waals surface area contributed by atoms with Crippen molar-refractivity contribution in [2.24, 2.45) is 0 Å². The molecule has 0 saturated heterocycles. The van der Waals surface area contributed by atoms with E-state index < -0.39 is 10.8 Å². The van der Waals surface area contributed by atoms with Gasteiger partial charge in [0.15, 0.2) is 0 Å². The third-order valence-electron chi connectivity index (χ3n) is 4.16. The fourth-order valence-corrected chi connectivity index (χ4v) is 2.23. The first-order chi connectivity index (χ1) is 11.8. The molecule has 0 unspecified atom stereocenters. The van der Waals surface area contributed by atoms with E-state index in [1.807, 2.05) is 76.2 Å². The van der Waals surface area contributed by atoms with Gasteiger partial charge < -0.3 is 9.31 Å². The molecule has 0 aliphatic heterocycles. The maximum Gasteiger partial charge on any atom is 0.576 e. The van der Waals surface area contributed by atoms with Crippen LogP contribution in [-0.4, -0.2) is 7.69 Å². The van der Waals surface area contributed by atoms with Crippen molar-refractivity contribution in [1.82, 2.24) is 0 Å². The molecular weight excluding hydrogens is 311 g/mol. The molecule has 0 heterocycles. The maximum absolute atomic E-state index is 9.15. The summed E-state index contributed by atoms with van der Waals surface area (Å²) in [7, 11) is 0.0853. The van der Waals surface area contributed by atoms with Crippen molar-refractivity contribution in [3.63, 3.8) is 0 Å². The lowest BCUT2D eigenvalue weighted by Gasteiger charge is -2.17. The third-order valence-corrected chi connectivity index (χ3v) is 4.16. The molecule has 0 radical (unpaired) electrons. The van der Waals surface area contributed by atoms with Crippen LogP contribution in [0.25, 0.3) is 0 Å². The van der Waals surface area contributed by atoms with E-state index in [0.717, 1.165) is 11.1 Å². The zero-order chi connectivity index (χ0) is 18.5. The van der Waals surface area contributed by atoms with Crippen LogP contribution in [0.1, 0.15) is 38.8 Å². The Morgan fingerprint density at radius 3 is 1.28 bits per heavy atom. The van der Waals surface area contributed by atoms with E-state index in [0.29, 0.717) is 11.5 Å². The summed E-state index contributed by atoms with van der Waals surface area (Å²) in [4.78, 5) is 0. The monoisotopic (exact) mass is 332 g/mol. The van der Waals surface area contributed by atoms with Gasteiger partial charge in [0.1, 0.15) is 11.5 Å². The third kappa shape index (κ3) is 4.55. The first-order valence-electron chi connectivity index (χ1n) is 8.08. The summed E-state index contributed by atoms with van der Waals surface area (Å²) in [6.07, 6.45) is 0. The molecule has 4 nitrogen and oxygen atoms in total. The summed E-state index contributed by atoms with van der Waals surface area (Å²) in [5, 5.41) is 18.3. The van der Waals surface area contributed by atoms with Crippen LogP contribution in [-0.2, 0) is 10.8 Å². The Kier molecular flexibility index (Phi) is 5.40. The lowest BCUT2D eigenvalue weighted by molar-refractivity contribution is 0.458. The second-order valence-corrected chi connectivity index (χ2v) is 6.93. The summed E-state index contributed by atoms with van der Waals surface area (Å²) in [6, 6.07) is 19.4. The Labute approximate surface area is 149 Å². The highest BCUT2D eigenvalue weighted by Crippen LogP contribution is 2.25. The molecule has 0 saturated carbocycles. The van der Waals surface area contributed by atoms with Gasteiger partial charge in [0.05, 0.1) is 23.0 Å². The highest BCUT2D eigenvalue weighted by atomic mass is 16.6. The molecule has 0 amide bonds. The molecule has 2 rings (SSSR count). The quantitative estimate of drug-likeness (QED) is 0.750. The first-order valence-corrected chi connectivity index (χ1v) is 8.08. The Bertz CT molecular complexity index is 728. The molecule has 2 aromatic carbocycles. The number of rotatable bonds is 6. The van der Waals surface area contributed by atoms with Crippen LogP contribution in [0.2, 0.25) is 0 Å². The van der Waals surface area contributed by atoms with Gasteiger partial charge in [-0.15, -0.1) is 0 Å². The normalized spacial score (nSPS) is 11.1. The van der Waals surface area contributed by atoms with Crippen molar-refractivity contribution in [1.29, 1.82) is 10.5 Å². The number of hydrogen-bond acceptors (Lipinski definition) is 4. The lowest BCUT2D eigenvalue weighted by Crippen LogP contribution is -2.15. The average Bonchev–Trinajstić information content (AvgIpc) is 2.62. The number of hydrogen-bond donors (Lipinski definition) is 0. The van der Waals surface area contributed by atoms with Crippen molar-refractivity contribution in [2.45, 2.75) is 38.5 Å². The van der Waals surface area contributed by atoms with Gasteiger partial charge in [-0.2, -0.15) is 10.5 Å². The van der Waals surface area contributed by atoms with Crippen molar-refractivity contribution in [3.8, 4) is 23.6 Å². The Hall–Kier alpha value is -2.92. The largest absolute Gasteiger partial charge is 0.576 e. The van der Waals surface area contributed by atoms with E-state index in [2.05, 4.69) is 12.1 Å². The highest BCUT2D eigenvalue weighted by Gasteiger charge is 2.20. The Balaban J connectivity index is 1.91. The molecule has 126 valence electrons. The minimum Gasteiger partial charge on any atom is -0.529 e. The predicted octanol–water partition coefficient (Wildman–Crippen LogP) is 4.01. The molecule has 5 heteroatoms. The molecule has 0 atom stereocenters. The smallest absolute Gasteiger partial charge is 0.529 e. The molecule has 0 N–H and O–H groups in total. The van der Waals surface area contributed by atoms with Gasteiger partial charge in [-0.3, -0.25) is 0 Å². The summed E-state index contributed by atoms with van der Waals surface area (Å²) >= 11 is 0. The van der Waals surface area contributed by atoms with Gasteiger partial charge in [-0.1, -0.05) is 24.3 Å². The van der Waals surface area contributed by atoms with Gasteiger partial charge >= 0.3 is 7.69 Å². The van der Waals surface area contributed by atoms with Crippen molar-refractivity contribution in [2.75, 3.05) is 0 Å². The van der Waals surface area contributed by atoms with Gasteiger partial charge in [-0.05, 0) is 63.1 Å². The molecule has 0 spiro atoms. The fraction of sp³-hybridized carbons (Fsp3) is 0.300. The molecule has 0 fully saturated rings. The van der Waals surface area contributed by atoms with Gasteiger partial charge in [0.2, 0.25) is 0 Å². The molecule has 0 aliphatic carbocycles. The number of benzene rings is 2. The van der Waals surface area contributed by atoms with Crippen LogP contribution in [0, 0.1) is 22.7 Å². The van der Waals surface area contributed by atoms with Crippen LogP contribution in [0.5, 0.6) is 11.5 Å². The van der Waals surface area contributed by atoms with Crippen LogP contribution in [0.4, 0.5) is 0 Å². The molecule has 0 aliphatic rings. The van der Waals surface area contributed by atoms with Crippen molar-refractivity contribution < 1.29 is 9.31 Å². The molecular formula is C20H21BN2O2. The minimum atomic E-state index is -0.520. The second-order valence-electron chi connectivity index (χ2n) is 6.93. The second kappa shape index (κ2) is 7.32. The molecule has 2 aromatic rings. The molecule has 25 heavy (non-hydrogen) atoms. The number of nitriles is 2. The van der Waals surface area contributed by atoms with E-state index in [1.165, 1.54) is 0 Å². The van der Waals surface area contributed by atoms with E-state index in [4.69, 9.17) is 19.8 Å². The molecule has 0 aromatic heterocycles. The average molecular weight is 332 g/mol. The van der Waals surface area contributed by atoms with Crippen molar-refractivity contribution in [3.05, 3.63) is 59.7 Å². The summed E-state index contributed by atoms with van der Waals surface area (Å²) in [6.45, 7) is 7.51. The predicted molar refractivity (Wildman–Crippen MR) is 98.6 cm³/mol. The standard InChI is InChI=1S/C20H21BN2O2/c1-19(2,13-22)15-5-9-17(10-6-15)24-21-25-18-11-7-16(8-12-18)20(3,4)14-23/h5-12,21H,1-4H3. The van der Waals surface area contributed by atoms with Gasteiger partial charge in [0.25, 0.3) is 0 Å². The first kappa shape index (κ1) is 18.4. The van der Waals surface area contributed by atoms with Crippen LogP contribution < -0.4 is 9.31 Å². The Morgan fingerprint density at radius 2 is 1.00 bits per heavy atom. The zero-order valence-corrected chi connectivity index (χ0v) is 15.0. The van der Waals surface area contributed by atoms with Crippen molar-refractivity contribution >= 4 is 7.69 Å². The van der Waals surface area contributed by atoms with Gasteiger partial charge in [0, 0.05) is 0 Å². The Morgan fingerprint density at radius 1 is 0.680 bits per heavy atom. The van der Waals surface area contributed by atoms with E-state index >= 15 is 0 Å². The zero-order valence-electron chi connectivity index (χ0n) is 15.0. The van der Waals surface area contributed by atoms with E-state index in [9.17, 15) is 0 Å². The summed E-state index contributed by atoms with van der Waals surface area (Å²) < 4.78 is 11.1. The number of nitrogens with zero attached hydrogens (tertiary/aromatic N) is 2. The summed E-state index contributed by atoms with van der Waals surface area (Å²) in [5.74, 6) is 1.36. The van der Waals surface area contributed by atoms with Crippen LogP contribution >= 0.6 is 0 Å². The highest BCUT2D eigenvalue weighted by molar-refractivity contribution is 6.20. The van der Waals surface area contributed by atoms with Gasteiger partial charge in [-0.25, -0.2) is 0 Å². The maximum atomic E-state index is 9.15. The van der Waals surface area contributed by atoms with Crippen LogP contribution in [0.15, 0.2) is 48.5 Å². The lowest BCUT2D eigenvalue weighted by atomic mass is 9.86. The van der Waals surface area contributed by atoms with E-state index in [-0.39, 0.29) is 7.69 Å².